The topological polar surface area (TPSA) is 38.7 Å². The van der Waals surface area contributed by atoms with Gasteiger partial charge < -0.3 is 0 Å². The molecule has 0 bridgehead atoms. The zero-order valence-corrected chi connectivity index (χ0v) is 18.4. The van der Waals surface area contributed by atoms with Gasteiger partial charge in [0.05, 0.1) is 0 Å². The molecule has 4 aromatic carbocycles. The van der Waals surface area contributed by atoms with Crippen LogP contribution in [-0.4, -0.2) is 15.0 Å². The standard InChI is InChI=1S/C27H16ClN3S/c28-27-30-25(18-10-5-2-6-11-18)29-26(31-27)19-14-15-21-22-13-7-12-20(17-8-3-1-4-9-17)24(22)32-23(21)16-19/h1-16H. The summed E-state index contributed by atoms with van der Waals surface area (Å²) in [5.74, 6) is 1.15. The van der Waals surface area contributed by atoms with Crippen molar-refractivity contribution < 1.29 is 0 Å². The van der Waals surface area contributed by atoms with Gasteiger partial charge in [-0.1, -0.05) is 91.0 Å². The van der Waals surface area contributed by atoms with Gasteiger partial charge in [-0.05, 0) is 28.8 Å². The number of hydrogen-bond acceptors (Lipinski definition) is 4. The molecule has 152 valence electrons. The van der Waals surface area contributed by atoms with E-state index in [0.29, 0.717) is 11.6 Å². The average molecular weight is 450 g/mol. The summed E-state index contributed by atoms with van der Waals surface area (Å²) in [7, 11) is 0. The van der Waals surface area contributed by atoms with Crippen LogP contribution in [0.4, 0.5) is 0 Å². The van der Waals surface area contributed by atoms with Gasteiger partial charge in [-0.3, -0.25) is 0 Å². The predicted molar refractivity (Wildman–Crippen MR) is 134 cm³/mol. The average Bonchev–Trinajstić information content (AvgIpc) is 3.23. The Morgan fingerprint density at radius 1 is 0.562 bits per heavy atom. The van der Waals surface area contributed by atoms with Crippen molar-refractivity contribution in [1.29, 1.82) is 0 Å². The van der Waals surface area contributed by atoms with E-state index in [1.54, 1.807) is 11.3 Å². The number of thiophene rings is 1. The number of hydrogen-bond donors (Lipinski definition) is 0. The van der Waals surface area contributed by atoms with Crippen molar-refractivity contribution in [3.8, 4) is 33.9 Å². The molecule has 2 heterocycles. The number of rotatable bonds is 3. The van der Waals surface area contributed by atoms with Gasteiger partial charge in [0.15, 0.2) is 11.6 Å². The highest BCUT2D eigenvalue weighted by Crippen LogP contribution is 2.41. The summed E-state index contributed by atoms with van der Waals surface area (Å²) in [6, 6.07) is 33.2. The molecular weight excluding hydrogens is 434 g/mol. The van der Waals surface area contributed by atoms with Crippen LogP contribution >= 0.6 is 22.9 Å². The minimum atomic E-state index is 0.191. The molecule has 32 heavy (non-hydrogen) atoms. The van der Waals surface area contributed by atoms with Crippen molar-refractivity contribution in [1.82, 2.24) is 15.0 Å². The van der Waals surface area contributed by atoms with Gasteiger partial charge >= 0.3 is 0 Å². The Bertz CT molecular complexity index is 1580. The third kappa shape index (κ3) is 3.34. The summed E-state index contributed by atoms with van der Waals surface area (Å²) < 4.78 is 2.48. The van der Waals surface area contributed by atoms with E-state index < -0.39 is 0 Å². The Labute approximate surface area is 194 Å². The molecule has 2 aromatic heterocycles. The molecule has 0 fully saturated rings. The van der Waals surface area contributed by atoms with E-state index in [0.717, 1.165) is 11.1 Å². The molecule has 0 atom stereocenters. The molecule has 5 heteroatoms. The highest BCUT2D eigenvalue weighted by atomic mass is 35.5. The van der Waals surface area contributed by atoms with Gasteiger partial charge in [0.2, 0.25) is 5.28 Å². The summed E-state index contributed by atoms with van der Waals surface area (Å²) >= 11 is 8.05. The van der Waals surface area contributed by atoms with E-state index in [1.807, 2.05) is 36.4 Å². The van der Waals surface area contributed by atoms with Crippen molar-refractivity contribution in [2.75, 3.05) is 0 Å². The number of nitrogens with zero attached hydrogens (tertiary/aromatic N) is 3. The molecule has 6 aromatic rings. The zero-order valence-electron chi connectivity index (χ0n) is 16.9. The molecule has 0 amide bonds. The molecule has 0 aliphatic heterocycles. The van der Waals surface area contributed by atoms with E-state index in [4.69, 9.17) is 16.6 Å². The Morgan fingerprint density at radius 2 is 1.25 bits per heavy atom. The fourth-order valence-electron chi connectivity index (χ4n) is 3.98. The third-order valence-corrected chi connectivity index (χ3v) is 6.85. The Kier molecular flexibility index (Phi) is 4.67. The van der Waals surface area contributed by atoms with E-state index in [2.05, 4.69) is 70.6 Å². The molecule has 0 N–H and O–H groups in total. The monoisotopic (exact) mass is 449 g/mol. The first-order chi connectivity index (χ1) is 15.8. The molecule has 0 saturated heterocycles. The molecule has 0 aliphatic rings. The van der Waals surface area contributed by atoms with Crippen molar-refractivity contribution in [2.45, 2.75) is 0 Å². The lowest BCUT2D eigenvalue weighted by Gasteiger charge is -2.05. The lowest BCUT2D eigenvalue weighted by Crippen LogP contribution is -1.96. The fourth-order valence-corrected chi connectivity index (χ4v) is 5.42. The van der Waals surface area contributed by atoms with Crippen LogP contribution in [0, 0.1) is 0 Å². The molecule has 6 rings (SSSR count). The maximum atomic E-state index is 6.26. The van der Waals surface area contributed by atoms with Gasteiger partial charge in [-0.15, -0.1) is 11.3 Å². The van der Waals surface area contributed by atoms with Gasteiger partial charge in [0, 0.05) is 31.3 Å². The van der Waals surface area contributed by atoms with Crippen molar-refractivity contribution in [3.05, 3.63) is 102 Å². The Morgan fingerprint density at radius 3 is 2.00 bits per heavy atom. The number of fused-ring (bicyclic) bond motifs is 3. The van der Waals surface area contributed by atoms with Gasteiger partial charge in [0.25, 0.3) is 0 Å². The maximum Gasteiger partial charge on any atom is 0.226 e. The Hall–Kier alpha value is -3.60. The van der Waals surface area contributed by atoms with Crippen LogP contribution in [0.25, 0.3) is 54.1 Å². The molecule has 0 radical (unpaired) electrons. The highest BCUT2D eigenvalue weighted by molar-refractivity contribution is 7.26. The second-order valence-electron chi connectivity index (χ2n) is 7.48. The molecule has 3 nitrogen and oxygen atoms in total. The second kappa shape index (κ2) is 7.83. The molecule has 0 unspecified atom stereocenters. The number of halogens is 1. The first-order valence-electron chi connectivity index (χ1n) is 10.2. The lowest BCUT2D eigenvalue weighted by atomic mass is 10.0. The van der Waals surface area contributed by atoms with Crippen LogP contribution in [0.3, 0.4) is 0 Å². The molecular formula is C27H16ClN3S. The van der Waals surface area contributed by atoms with Crippen LogP contribution < -0.4 is 0 Å². The smallest absolute Gasteiger partial charge is 0.208 e. The summed E-state index contributed by atoms with van der Waals surface area (Å²) in [4.78, 5) is 13.4. The summed E-state index contributed by atoms with van der Waals surface area (Å²) in [6.45, 7) is 0. The van der Waals surface area contributed by atoms with Crippen molar-refractivity contribution in [2.24, 2.45) is 0 Å². The predicted octanol–water partition coefficient (Wildman–Crippen LogP) is 7.89. The van der Waals surface area contributed by atoms with E-state index in [-0.39, 0.29) is 5.28 Å². The molecule has 0 spiro atoms. The molecule has 0 saturated carbocycles. The second-order valence-corrected chi connectivity index (χ2v) is 8.87. The summed E-state index contributed by atoms with van der Waals surface area (Å²) in [6.07, 6.45) is 0. The maximum absolute atomic E-state index is 6.26. The van der Waals surface area contributed by atoms with Crippen LogP contribution in [0.2, 0.25) is 5.28 Å². The first-order valence-corrected chi connectivity index (χ1v) is 11.4. The van der Waals surface area contributed by atoms with Crippen molar-refractivity contribution in [3.63, 3.8) is 0 Å². The van der Waals surface area contributed by atoms with Gasteiger partial charge in [0.1, 0.15) is 0 Å². The van der Waals surface area contributed by atoms with E-state index in [1.165, 1.54) is 31.3 Å². The SMILES string of the molecule is Clc1nc(-c2ccccc2)nc(-c2ccc3c(c2)sc2c(-c4ccccc4)cccc23)n1. The minimum Gasteiger partial charge on any atom is -0.208 e. The molecule has 0 aliphatic carbocycles. The highest BCUT2D eigenvalue weighted by Gasteiger charge is 2.13. The summed E-state index contributed by atoms with van der Waals surface area (Å²) in [5.41, 5.74) is 4.31. The van der Waals surface area contributed by atoms with Crippen LogP contribution in [0.5, 0.6) is 0 Å². The van der Waals surface area contributed by atoms with Crippen molar-refractivity contribution >= 4 is 43.1 Å². The lowest BCUT2D eigenvalue weighted by molar-refractivity contribution is 1.07. The van der Waals surface area contributed by atoms with Crippen LogP contribution in [0.15, 0.2) is 97.1 Å². The number of aromatic nitrogens is 3. The third-order valence-electron chi connectivity index (χ3n) is 5.48. The van der Waals surface area contributed by atoms with Crippen LogP contribution in [0.1, 0.15) is 0 Å². The minimum absolute atomic E-state index is 0.191. The van der Waals surface area contributed by atoms with E-state index in [9.17, 15) is 0 Å². The zero-order chi connectivity index (χ0) is 21.5. The van der Waals surface area contributed by atoms with Crippen LogP contribution in [-0.2, 0) is 0 Å². The summed E-state index contributed by atoms with van der Waals surface area (Å²) in [5, 5.41) is 2.68. The quantitative estimate of drug-likeness (QED) is 0.275. The number of benzene rings is 4. The van der Waals surface area contributed by atoms with Gasteiger partial charge in [-0.25, -0.2) is 4.98 Å². The Balaban J connectivity index is 1.51. The fraction of sp³-hybridized carbons (Fsp3) is 0. The largest absolute Gasteiger partial charge is 0.226 e. The van der Waals surface area contributed by atoms with Gasteiger partial charge in [-0.2, -0.15) is 9.97 Å². The normalized spacial score (nSPS) is 11.3. The first kappa shape index (κ1) is 19.1. The van der Waals surface area contributed by atoms with E-state index >= 15 is 0 Å².